The highest BCUT2D eigenvalue weighted by Crippen LogP contribution is 2.55. The van der Waals surface area contributed by atoms with Crippen LogP contribution >= 0.6 is 11.3 Å². The van der Waals surface area contributed by atoms with Crippen molar-refractivity contribution >= 4 is 51.0 Å². The summed E-state index contributed by atoms with van der Waals surface area (Å²) in [6, 6.07) is 40.8. The Balaban J connectivity index is 1.55. The van der Waals surface area contributed by atoms with E-state index in [1.165, 1.54) is 31.7 Å². The van der Waals surface area contributed by atoms with Gasteiger partial charge in [0.2, 0.25) is 0 Å². The number of hydrogen-bond acceptors (Lipinski definition) is 4. The first-order valence-corrected chi connectivity index (χ1v) is 14.5. The number of hydrogen-bond donors (Lipinski definition) is 0. The number of pyridine rings is 1. The second-order valence-electron chi connectivity index (χ2n) is 9.87. The average molecular weight is 546 g/mol. The lowest BCUT2D eigenvalue weighted by molar-refractivity contribution is 1.16. The van der Waals surface area contributed by atoms with Gasteiger partial charge in [0, 0.05) is 31.7 Å². The van der Waals surface area contributed by atoms with Crippen molar-refractivity contribution in [2.75, 3.05) is 4.90 Å². The summed E-state index contributed by atoms with van der Waals surface area (Å²) >= 11 is 1.85. The molecule has 3 nitrogen and oxygen atoms in total. The van der Waals surface area contributed by atoms with E-state index in [4.69, 9.17) is 4.98 Å². The topological polar surface area (TPSA) is 28.5 Å². The van der Waals surface area contributed by atoms with Crippen molar-refractivity contribution in [3.05, 3.63) is 139 Å². The van der Waals surface area contributed by atoms with Gasteiger partial charge in [0.25, 0.3) is 0 Å². The third-order valence-corrected chi connectivity index (χ3v) is 8.63. The summed E-state index contributed by atoms with van der Waals surface area (Å²) in [5, 5.41) is 1.27. The van der Waals surface area contributed by atoms with Crippen LogP contribution in [0.15, 0.2) is 138 Å². The Bertz CT molecular complexity index is 1980. The molecular weight excluding hydrogens is 518 g/mol. The number of aliphatic imine (C=N–C) groups is 1. The van der Waals surface area contributed by atoms with Crippen molar-refractivity contribution in [2.24, 2.45) is 4.99 Å². The highest BCUT2D eigenvalue weighted by Gasteiger charge is 2.29. The molecule has 0 N–H and O–H groups in total. The quantitative estimate of drug-likeness (QED) is 0.159. The summed E-state index contributed by atoms with van der Waals surface area (Å²) in [4.78, 5) is 13.2. The van der Waals surface area contributed by atoms with E-state index in [0.29, 0.717) is 0 Å². The molecule has 0 spiro atoms. The summed E-state index contributed by atoms with van der Waals surface area (Å²) in [6.45, 7) is 5.86. The second kappa shape index (κ2) is 10.5. The lowest BCUT2D eigenvalue weighted by Crippen LogP contribution is -2.13. The van der Waals surface area contributed by atoms with Crippen LogP contribution in [0, 0.1) is 0 Å². The molecule has 0 saturated carbocycles. The highest BCUT2D eigenvalue weighted by atomic mass is 32.1. The van der Waals surface area contributed by atoms with Crippen molar-refractivity contribution in [2.45, 2.75) is 6.92 Å². The zero-order valence-electron chi connectivity index (χ0n) is 22.7. The predicted molar refractivity (Wildman–Crippen MR) is 177 cm³/mol. The Kier molecular flexibility index (Phi) is 6.38. The molecule has 196 valence electrons. The lowest BCUT2D eigenvalue weighted by Gasteiger charge is -2.27. The van der Waals surface area contributed by atoms with Crippen LogP contribution in [0.2, 0.25) is 0 Å². The molecule has 0 amide bonds. The zero-order valence-corrected chi connectivity index (χ0v) is 23.5. The van der Waals surface area contributed by atoms with Gasteiger partial charge in [-0.05, 0) is 61.2 Å². The summed E-state index contributed by atoms with van der Waals surface area (Å²) in [6.07, 6.45) is 5.92. The number of fused-ring (bicyclic) bond motifs is 7. The molecule has 3 heterocycles. The Labute approximate surface area is 244 Å². The van der Waals surface area contributed by atoms with Gasteiger partial charge in [-0.3, -0.25) is 9.89 Å². The number of thiophene rings is 1. The van der Waals surface area contributed by atoms with E-state index < -0.39 is 0 Å². The minimum absolute atomic E-state index is 0.726. The molecule has 1 aliphatic heterocycles. The van der Waals surface area contributed by atoms with Gasteiger partial charge >= 0.3 is 0 Å². The van der Waals surface area contributed by atoms with E-state index in [1.54, 1.807) is 0 Å². The summed E-state index contributed by atoms with van der Waals surface area (Å²) in [5.74, 6) is 0.829. The fourth-order valence-corrected chi connectivity index (χ4v) is 6.84. The minimum atomic E-state index is 0.726. The standard InChI is InChI=1S/C37H27N3S/c1-3-4-19-30(38-2)31-23-26(25-14-6-5-7-15-25)24-35(39-31)40-32-20-11-8-16-27(32)36-29-18-10-13-22-34(29)41-37(36)28-17-9-12-21-33(28)40/h3-24H,2H2,1H3/b4-3-,30-19-. The first-order valence-electron chi connectivity index (χ1n) is 13.6. The molecule has 0 fully saturated rings. The van der Waals surface area contributed by atoms with Crippen LogP contribution in [0.4, 0.5) is 17.2 Å². The number of para-hydroxylation sites is 2. The Morgan fingerprint density at radius 1 is 0.780 bits per heavy atom. The lowest BCUT2D eigenvalue weighted by atomic mass is 9.99. The Morgan fingerprint density at radius 2 is 1.46 bits per heavy atom. The molecule has 7 rings (SSSR count). The largest absolute Gasteiger partial charge is 0.294 e. The van der Waals surface area contributed by atoms with E-state index in [9.17, 15) is 0 Å². The van der Waals surface area contributed by atoms with Crippen LogP contribution in [0.1, 0.15) is 12.6 Å². The number of nitrogens with zero attached hydrogens (tertiary/aromatic N) is 3. The van der Waals surface area contributed by atoms with Gasteiger partial charge < -0.3 is 0 Å². The van der Waals surface area contributed by atoms with E-state index in [0.717, 1.165) is 39.7 Å². The fourth-order valence-electron chi connectivity index (χ4n) is 5.59. The number of rotatable bonds is 5. The van der Waals surface area contributed by atoms with Gasteiger partial charge in [-0.25, -0.2) is 4.98 Å². The summed E-state index contributed by atoms with van der Waals surface area (Å²) < 4.78 is 1.29. The van der Waals surface area contributed by atoms with Gasteiger partial charge in [-0.2, -0.15) is 0 Å². The van der Waals surface area contributed by atoms with Crippen LogP contribution in [0.25, 0.3) is 48.5 Å². The van der Waals surface area contributed by atoms with Crippen molar-refractivity contribution in [1.29, 1.82) is 0 Å². The maximum atomic E-state index is 5.25. The summed E-state index contributed by atoms with van der Waals surface area (Å²) in [5.41, 5.74) is 9.54. The predicted octanol–water partition coefficient (Wildman–Crippen LogP) is 10.7. The maximum absolute atomic E-state index is 5.25. The molecule has 0 atom stereocenters. The van der Waals surface area contributed by atoms with Crippen molar-refractivity contribution < 1.29 is 0 Å². The van der Waals surface area contributed by atoms with Crippen molar-refractivity contribution in [3.8, 4) is 32.7 Å². The van der Waals surface area contributed by atoms with Crippen LogP contribution in [0.3, 0.4) is 0 Å². The van der Waals surface area contributed by atoms with Crippen LogP contribution in [-0.4, -0.2) is 11.7 Å². The fraction of sp³-hybridized carbons (Fsp3) is 0.0270. The number of aromatic nitrogens is 1. The van der Waals surface area contributed by atoms with Gasteiger partial charge in [0.05, 0.1) is 22.8 Å². The van der Waals surface area contributed by atoms with Crippen LogP contribution in [-0.2, 0) is 0 Å². The first-order chi connectivity index (χ1) is 20.3. The minimum Gasteiger partial charge on any atom is -0.294 e. The number of benzene rings is 4. The monoisotopic (exact) mass is 545 g/mol. The van der Waals surface area contributed by atoms with Gasteiger partial charge in [0.1, 0.15) is 5.82 Å². The van der Waals surface area contributed by atoms with E-state index in [-0.39, 0.29) is 0 Å². The molecule has 6 aromatic rings. The van der Waals surface area contributed by atoms with Gasteiger partial charge in [0.15, 0.2) is 0 Å². The molecule has 41 heavy (non-hydrogen) atoms. The van der Waals surface area contributed by atoms with Crippen molar-refractivity contribution in [1.82, 2.24) is 4.98 Å². The molecule has 0 aliphatic carbocycles. The molecule has 0 saturated heterocycles. The molecular formula is C37H27N3S. The molecule has 4 aromatic carbocycles. The zero-order chi connectivity index (χ0) is 27.8. The van der Waals surface area contributed by atoms with E-state index >= 15 is 0 Å². The average Bonchev–Trinajstić information content (AvgIpc) is 3.36. The van der Waals surface area contributed by atoms with Crippen LogP contribution in [0.5, 0.6) is 0 Å². The van der Waals surface area contributed by atoms with E-state index in [2.05, 4.69) is 126 Å². The Hall–Kier alpha value is -5.06. The summed E-state index contributed by atoms with van der Waals surface area (Å²) in [7, 11) is 0. The third-order valence-electron chi connectivity index (χ3n) is 7.43. The van der Waals surface area contributed by atoms with Gasteiger partial charge in [-0.15, -0.1) is 11.3 Å². The third kappa shape index (κ3) is 4.30. The first kappa shape index (κ1) is 24.9. The number of allylic oxidation sites excluding steroid dienone is 3. The molecule has 2 aromatic heterocycles. The SMILES string of the molecule is C=N/C(=C\C=C/C)c1cc(-c2ccccc2)cc(N2c3ccccc3-c3sc4ccccc4c3-c3ccccc32)n1. The molecule has 0 radical (unpaired) electrons. The Morgan fingerprint density at radius 3 is 2.24 bits per heavy atom. The second-order valence-corrected chi connectivity index (χ2v) is 10.9. The van der Waals surface area contributed by atoms with Gasteiger partial charge in [-0.1, -0.05) is 97.1 Å². The van der Waals surface area contributed by atoms with Crippen molar-refractivity contribution in [3.63, 3.8) is 0 Å². The normalized spacial score (nSPS) is 12.6. The van der Waals surface area contributed by atoms with E-state index in [1.807, 2.05) is 42.6 Å². The molecule has 0 bridgehead atoms. The molecule has 0 unspecified atom stereocenters. The smallest absolute Gasteiger partial charge is 0.138 e. The van der Waals surface area contributed by atoms with Crippen LogP contribution < -0.4 is 4.90 Å². The molecule has 4 heteroatoms. The maximum Gasteiger partial charge on any atom is 0.138 e. The highest BCUT2D eigenvalue weighted by molar-refractivity contribution is 7.23. The number of anilines is 3. The molecule has 1 aliphatic rings.